The lowest BCUT2D eigenvalue weighted by Gasteiger charge is -2.26. The van der Waals surface area contributed by atoms with Gasteiger partial charge in [0.15, 0.2) is 5.13 Å². The number of amides is 2. The Balaban J connectivity index is 1.37. The number of rotatable bonds is 11. The molecular formula is C32H28ClFN4O3S2. The van der Waals surface area contributed by atoms with Gasteiger partial charge in [0, 0.05) is 30.3 Å². The van der Waals surface area contributed by atoms with Crippen LogP contribution in [0, 0.1) is 5.82 Å². The average molecular weight is 635 g/mol. The molecule has 0 saturated carbocycles. The molecule has 0 spiro atoms. The van der Waals surface area contributed by atoms with Crippen LogP contribution in [0.4, 0.5) is 20.0 Å². The maximum atomic E-state index is 14.3. The van der Waals surface area contributed by atoms with E-state index in [-0.39, 0.29) is 12.5 Å². The number of halogens is 2. The van der Waals surface area contributed by atoms with E-state index < -0.39 is 22.7 Å². The second-order valence-electron chi connectivity index (χ2n) is 9.65. The molecule has 5 rings (SSSR count). The third-order valence-electron chi connectivity index (χ3n) is 6.85. The zero-order valence-electron chi connectivity index (χ0n) is 22.8. The quantitative estimate of drug-likeness (QED) is 0.131. The van der Waals surface area contributed by atoms with Crippen LogP contribution in [0.25, 0.3) is 11.3 Å². The van der Waals surface area contributed by atoms with Gasteiger partial charge in [0.25, 0.3) is 0 Å². The van der Waals surface area contributed by atoms with Crippen LogP contribution in [0.3, 0.4) is 0 Å². The molecule has 11 heteroatoms. The molecular weight excluding hydrogens is 607 g/mol. The number of benzene rings is 4. The Morgan fingerprint density at radius 2 is 1.56 bits per heavy atom. The van der Waals surface area contributed by atoms with Crippen molar-refractivity contribution >= 4 is 50.7 Å². The monoisotopic (exact) mass is 634 g/mol. The molecule has 0 fully saturated rings. The zero-order valence-corrected chi connectivity index (χ0v) is 25.3. The van der Waals surface area contributed by atoms with E-state index in [1.807, 2.05) is 36.4 Å². The number of urea groups is 1. The first-order valence-corrected chi connectivity index (χ1v) is 15.8. The van der Waals surface area contributed by atoms with E-state index in [0.717, 1.165) is 28.0 Å². The fourth-order valence-electron chi connectivity index (χ4n) is 4.77. The lowest BCUT2D eigenvalue weighted by molar-refractivity contribution is 0.256. The van der Waals surface area contributed by atoms with Crippen LogP contribution >= 0.6 is 22.9 Å². The number of nitrogens with zero attached hydrogens (tertiary/aromatic N) is 2. The highest BCUT2D eigenvalue weighted by Crippen LogP contribution is 2.36. The van der Waals surface area contributed by atoms with E-state index >= 15 is 0 Å². The topological polar surface area (TPSA) is 91.4 Å². The smallest absolute Gasteiger partial charge is 0.294 e. The molecule has 5 aromatic rings. The van der Waals surface area contributed by atoms with Crippen molar-refractivity contribution < 1.29 is 17.6 Å². The first kappa shape index (κ1) is 30.4. The Bertz CT molecular complexity index is 1700. The van der Waals surface area contributed by atoms with Gasteiger partial charge in [-0.2, -0.15) is 0 Å². The minimum atomic E-state index is -2.69. The number of hydrogen-bond acceptors (Lipinski definition) is 5. The molecule has 220 valence electrons. The number of thiol groups is 1. The van der Waals surface area contributed by atoms with E-state index in [4.69, 9.17) is 11.6 Å². The minimum Gasteiger partial charge on any atom is -0.294 e. The summed E-state index contributed by atoms with van der Waals surface area (Å²) in [7, 11) is -2.69. The van der Waals surface area contributed by atoms with Crippen LogP contribution in [-0.4, -0.2) is 26.0 Å². The highest BCUT2D eigenvalue weighted by atomic mass is 35.5. The van der Waals surface area contributed by atoms with Crippen molar-refractivity contribution in [1.82, 2.24) is 9.71 Å². The number of nitrogens with one attached hydrogen (secondary N) is 2. The van der Waals surface area contributed by atoms with Gasteiger partial charge in [-0.25, -0.2) is 27.3 Å². The summed E-state index contributed by atoms with van der Waals surface area (Å²) in [6.45, 7) is 0.483. The molecule has 4 aromatic carbocycles. The number of carbonyl (C=O) groups excluding carboxylic acids is 1. The van der Waals surface area contributed by atoms with Crippen molar-refractivity contribution in [1.29, 1.82) is 0 Å². The second-order valence-corrected chi connectivity index (χ2v) is 12.1. The molecule has 7 nitrogen and oxygen atoms in total. The van der Waals surface area contributed by atoms with Crippen molar-refractivity contribution in [3.63, 3.8) is 0 Å². The number of anilines is 2. The Labute approximate surface area is 260 Å². The number of carbonyl (C=O) groups is 1. The summed E-state index contributed by atoms with van der Waals surface area (Å²) in [6.07, 6.45) is 0.587. The summed E-state index contributed by atoms with van der Waals surface area (Å²) >= 11 is 7.63. The summed E-state index contributed by atoms with van der Waals surface area (Å²) in [6, 6.07) is 32.8. The molecule has 0 radical (unpaired) electrons. The van der Waals surface area contributed by atoms with Gasteiger partial charge in [-0.15, -0.1) is 0 Å². The molecule has 0 aliphatic rings. The molecule has 1 heterocycles. The van der Waals surface area contributed by atoms with Gasteiger partial charge in [0.1, 0.15) is 15.8 Å². The highest BCUT2D eigenvalue weighted by Gasteiger charge is 2.22. The zero-order chi connectivity index (χ0) is 30.2. The van der Waals surface area contributed by atoms with Crippen LogP contribution in [0.1, 0.15) is 29.0 Å². The van der Waals surface area contributed by atoms with E-state index in [1.54, 1.807) is 36.4 Å². The van der Waals surface area contributed by atoms with Gasteiger partial charge in [-0.3, -0.25) is 10.2 Å². The van der Waals surface area contributed by atoms with Crippen LogP contribution in [0.2, 0.25) is 4.34 Å². The molecule has 0 aliphatic carbocycles. The first-order valence-electron chi connectivity index (χ1n) is 13.4. The Hall–Kier alpha value is -4.09. The van der Waals surface area contributed by atoms with Crippen molar-refractivity contribution in [3.05, 3.63) is 136 Å². The van der Waals surface area contributed by atoms with Gasteiger partial charge in [-0.05, 0) is 41.3 Å². The molecule has 1 aromatic heterocycles. The SMILES string of the molecule is O=C(Nc1nc(-c2ccc(CN[SH](=O)=O)cc2)c(Cl)s1)N(CCC(c1ccccc1)c1ccccc1)c1cccc(F)c1. The van der Waals surface area contributed by atoms with Crippen LogP contribution < -0.4 is 14.9 Å². The van der Waals surface area contributed by atoms with Crippen molar-refractivity contribution in [2.45, 2.75) is 18.9 Å². The molecule has 0 atom stereocenters. The molecule has 0 saturated heterocycles. The third-order valence-corrected chi connectivity index (χ3v) is 8.44. The second kappa shape index (κ2) is 14.4. The Morgan fingerprint density at radius 1 is 0.907 bits per heavy atom. The van der Waals surface area contributed by atoms with Crippen molar-refractivity contribution in [2.75, 3.05) is 16.8 Å². The lowest BCUT2D eigenvalue weighted by Crippen LogP contribution is -2.36. The molecule has 0 unspecified atom stereocenters. The minimum absolute atomic E-state index is 0.0135. The molecule has 43 heavy (non-hydrogen) atoms. The van der Waals surface area contributed by atoms with Crippen LogP contribution in [0.5, 0.6) is 0 Å². The largest absolute Gasteiger partial charge is 0.328 e. The lowest BCUT2D eigenvalue weighted by atomic mass is 9.88. The molecule has 0 aliphatic heterocycles. The van der Waals surface area contributed by atoms with Gasteiger partial charge < -0.3 is 0 Å². The van der Waals surface area contributed by atoms with E-state index in [9.17, 15) is 17.6 Å². The Morgan fingerprint density at radius 3 is 2.16 bits per heavy atom. The fourth-order valence-corrected chi connectivity index (χ4v) is 6.16. The number of hydrogen-bond donors (Lipinski definition) is 3. The van der Waals surface area contributed by atoms with Crippen molar-refractivity contribution in [3.8, 4) is 11.3 Å². The number of thiazole rings is 1. The predicted molar refractivity (Wildman–Crippen MR) is 172 cm³/mol. The maximum Gasteiger partial charge on any atom is 0.328 e. The van der Waals surface area contributed by atoms with E-state index in [2.05, 4.69) is 39.3 Å². The number of aromatic nitrogens is 1. The van der Waals surface area contributed by atoms with Gasteiger partial charge in [0.2, 0.25) is 10.9 Å². The van der Waals surface area contributed by atoms with Crippen molar-refractivity contribution in [2.24, 2.45) is 0 Å². The summed E-state index contributed by atoms with van der Waals surface area (Å²) in [5, 5.41) is 3.14. The summed E-state index contributed by atoms with van der Waals surface area (Å²) in [4.78, 5) is 19.8. The summed E-state index contributed by atoms with van der Waals surface area (Å²) < 4.78 is 38.6. The standard InChI is InChI=1S/C32H28ClFN4O3S2/c33-30-29(25-16-14-22(15-17-25)21-35-43(40)41)36-31(42-30)37-32(39)38(27-13-7-12-26(34)20-27)19-18-28(23-8-3-1-4-9-23)24-10-5-2-6-11-24/h1-17,20,28,43H,18-19,21H2,(H,35,40,41)(H,36,37,39). The molecule has 2 amide bonds. The molecule has 2 N–H and O–H groups in total. The molecule has 0 bridgehead atoms. The predicted octanol–water partition coefficient (Wildman–Crippen LogP) is 7.48. The van der Waals surface area contributed by atoms with Crippen LogP contribution in [0.15, 0.2) is 109 Å². The highest BCUT2D eigenvalue weighted by molar-refractivity contribution is 7.70. The Kier molecular flexibility index (Phi) is 10.2. The van der Waals surface area contributed by atoms with Gasteiger partial charge in [-0.1, -0.05) is 114 Å². The van der Waals surface area contributed by atoms with Gasteiger partial charge >= 0.3 is 6.03 Å². The third kappa shape index (κ3) is 8.05. The van der Waals surface area contributed by atoms with Crippen LogP contribution in [-0.2, 0) is 17.4 Å². The maximum absolute atomic E-state index is 14.3. The van der Waals surface area contributed by atoms with E-state index in [0.29, 0.717) is 39.4 Å². The summed E-state index contributed by atoms with van der Waals surface area (Å²) in [5.41, 5.74) is 4.64. The normalized spacial score (nSPS) is 11.2. The first-order chi connectivity index (χ1) is 20.9. The fraction of sp³-hybridized carbons (Fsp3) is 0.125. The van der Waals surface area contributed by atoms with Gasteiger partial charge in [0.05, 0.1) is 0 Å². The summed E-state index contributed by atoms with van der Waals surface area (Å²) in [5.74, 6) is -0.432. The van der Waals surface area contributed by atoms with E-state index in [1.165, 1.54) is 17.0 Å². The average Bonchev–Trinajstić information content (AvgIpc) is 3.38.